The second-order valence-corrected chi connectivity index (χ2v) is 6.88. The van der Waals surface area contributed by atoms with E-state index in [1.54, 1.807) is 24.3 Å². The largest absolute Gasteiger partial charge is 0.399 e. The number of nitrogens with two attached hydrogens (primary N) is 1. The molecular formula is C13H20N2O3S. The molecule has 6 heteroatoms. The van der Waals surface area contributed by atoms with Crippen molar-refractivity contribution in [2.45, 2.75) is 43.6 Å². The van der Waals surface area contributed by atoms with Crippen LogP contribution in [0.4, 0.5) is 5.69 Å². The smallest absolute Gasteiger partial charge is 0.216 e. The van der Waals surface area contributed by atoms with Gasteiger partial charge in [-0.1, -0.05) is 12.1 Å². The van der Waals surface area contributed by atoms with E-state index in [1.165, 1.54) is 0 Å². The van der Waals surface area contributed by atoms with Gasteiger partial charge in [-0.15, -0.1) is 0 Å². The summed E-state index contributed by atoms with van der Waals surface area (Å²) in [4.78, 5) is 0. The van der Waals surface area contributed by atoms with Gasteiger partial charge < -0.3 is 10.8 Å². The third-order valence-electron chi connectivity index (χ3n) is 3.35. The fourth-order valence-corrected chi connectivity index (χ4v) is 3.84. The molecule has 1 aliphatic rings. The number of nitrogens with one attached hydrogen (secondary N) is 1. The fourth-order valence-electron chi connectivity index (χ4n) is 2.39. The van der Waals surface area contributed by atoms with E-state index in [0.29, 0.717) is 36.9 Å². The van der Waals surface area contributed by atoms with Gasteiger partial charge in [0.15, 0.2) is 0 Å². The van der Waals surface area contributed by atoms with Gasteiger partial charge in [0.1, 0.15) is 0 Å². The van der Waals surface area contributed by atoms with Crippen molar-refractivity contribution in [1.29, 1.82) is 0 Å². The topological polar surface area (TPSA) is 92.4 Å². The monoisotopic (exact) mass is 284 g/mol. The van der Waals surface area contributed by atoms with Crippen LogP contribution in [0.3, 0.4) is 0 Å². The number of nitrogen functional groups attached to an aromatic ring is 1. The molecule has 0 amide bonds. The molecule has 1 aliphatic carbocycles. The Morgan fingerprint density at radius 3 is 2.58 bits per heavy atom. The molecule has 0 aliphatic heterocycles. The zero-order valence-electron chi connectivity index (χ0n) is 10.7. The predicted octanol–water partition coefficient (Wildman–Crippen LogP) is 0.992. The number of aliphatic hydroxyl groups excluding tert-OH is 1. The van der Waals surface area contributed by atoms with E-state index in [9.17, 15) is 13.5 Å². The van der Waals surface area contributed by atoms with Crippen LogP contribution in [0, 0.1) is 0 Å². The quantitative estimate of drug-likeness (QED) is 0.719. The third-order valence-corrected chi connectivity index (χ3v) is 4.76. The lowest BCUT2D eigenvalue weighted by atomic mass is 9.94. The number of rotatable bonds is 4. The summed E-state index contributed by atoms with van der Waals surface area (Å²) in [5.41, 5.74) is 6.88. The maximum Gasteiger partial charge on any atom is 0.216 e. The van der Waals surface area contributed by atoms with Gasteiger partial charge in [0.2, 0.25) is 10.0 Å². The van der Waals surface area contributed by atoms with Gasteiger partial charge in [0.05, 0.1) is 11.9 Å². The number of sulfonamides is 1. The molecular weight excluding hydrogens is 264 g/mol. The number of hydrogen-bond acceptors (Lipinski definition) is 4. The minimum Gasteiger partial charge on any atom is -0.399 e. The van der Waals surface area contributed by atoms with Crippen LogP contribution in [-0.4, -0.2) is 25.7 Å². The standard InChI is InChI=1S/C13H20N2O3S/c14-11-3-1-2-10(8-11)9-19(17,18)15-12-4-6-13(16)7-5-12/h1-3,8,12-13,15-16H,4-7,9,14H2. The molecule has 0 spiro atoms. The summed E-state index contributed by atoms with van der Waals surface area (Å²) in [6.07, 6.45) is 2.42. The minimum absolute atomic E-state index is 0.0584. The highest BCUT2D eigenvalue weighted by molar-refractivity contribution is 7.88. The lowest BCUT2D eigenvalue weighted by Gasteiger charge is -2.26. The molecule has 0 atom stereocenters. The Balaban J connectivity index is 1.95. The first kappa shape index (κ1) is 14.3. The average Bonchev–Trinajstić information content (AvgIpc) is 2.31. The maximum absolute atomic E-state index is 12.0. The highest BCUT2D eigenvalue weighted by atomic mass is 32.2. The van der Waals surface area contributed by atoms with E-state index in [4.69, 9.17) is 5.73 Å². The van der Waals surface area contributed by atoms with Crippen LogP contribution < -0.4 is 10.5 Å². The first-order chi connectivity index (χ1) is 8.94. The van der Waals surface area contributed by atoms with Crippen molar-refractivity contribution >= 4 is 15.7 Å². The van der Waals surface area contributed by atoms with Gasteiger partial charge in [-0.25, -0.2) is 13.1 Å². The highest BCUT2D eigenvalue weighted by Crippen LogP contribution is 2.19. The molecule has 4 N–H and O–H groups in total. The van der Waals surface area contributed by atoms with Gasteiger partial charge in [-0.3, -0.25) is 0 Å². The number of aliphatic hydroxyl groups is 1. The first-order valence-electron chi connectivity index (χ1n) is 6.47. The van der Waals surface area contributed by atoms with Crippen LogP contribution in [0.15, 0.2) is 24.3 Å². The lowest BCUT2D eigenvalue weighted by Crippen LogP contribution is -2.39. The molecule has 5 nitrogen and oxygen atoms in total. The maximum atomic E-state index is 12.0. The van der Waals surface area contributed by atoms with Crippen molar-refractivity contribution in [1.82, 2.24) is 4.72 Å². The first-order valence-corrected chi connectivity index (χ1v) is 8.12. The lowest BCUT2D eigenvalue weighted by molar-refractivity contribution is 0.120. The summed E-state index contributed by atoms with van der Waals surface area (Å²) in [5, 5.41) is 9.40. The second kappa shape index (κ2) is 5.90. The van der Waals surface area contributed by atoms with E-state index < -0.39 is 10.0 Å². The molecule has 2 rings (SSSR count). The van der Waals surface area contributed by atoms with Crippen molar-refractivity contribution in [3.8, 4) is 0 Å². The Morgan fingerprint density at radius 1 is 1.26 bits per heavy atom. The normalized spacial score (nSPS) is 24.3. The van der Waals surface area contributed by atoms with Crippen LogP contribution in [0.1, 0.15) is 31.2 Å². The molecule has 1 fully saturated rings. The van der Waals surface area contributed by atoms with Crippen molar-refractivity contribution in [3.63, 3.8) is 0 Å². The third kappa shape index (κ3) is 4.49. The molecule has 19 heavy (non-hydrogen) atoms. The Hall–Kier alpha value is -1.11. The fraction of sp³-hybridized carbons (Fsp3) is 0.538. The van der Waals surface area contributed by atoms with E-state index in [0.717, 1.165) is 0 Å². The Bertz CT molecular complexity index is 522. The second-order valence-electron chi connectivity index (χ2n) is 5.13. The van der Waals surface area contributed by atoms with E-state index in [1.807, 2.05) is 0 Å². The number of anilines is 1. The summed E-state index contributed by atoms with van der Waals surface area (Å²) in [6.45, 7) is 0. The number of hydrogen-bond donors (Lipinski definition) is 3. The van der Waals surface area contributed by atoms with Gasteiger partial charge in [0, 0.05) is 11.7 Å². The summed E-state index contributed by atoms with van der Waals surface area (Å²) in [6, 6.07) is 6.84. The number of benzene rings is 1. The van der Waals surface area contributed by atoms with Crippen LogP contribution >= 0.6 is 0 Å². The zero-order valence-corrected chi connectivity index (χ0v) is 11.6. The van der Waals surface area contributed by atoms with Gasteiger partial charge in [0.25, 0.3) is 0 Å². The molecule has 0 saturated heterocycles. The molecule has 1 saturated carbocycles. The summed E-state index contributed by atoms with van der Waals surface area (Å²) >= 11 is 0. The zero-order chi connectivity index (χ0) is 13.9. The molecule has 1 aromatic carbocycles. The minimum atomic E-state index is -3.36. The highest BCUT2D eigenvalue weighted by Gasteiger charge is 2.23. The predicted molar refractivity (Wildman–Crippen MR) is 74.9 cm³/mol. The molecule has 1 aromatic rings. The molecule has 0 aromatic heterocycles. The van der Waals surface area contributed by atoms with E-state index in [2.05, 4.69) is 4.72 Å². The van der Waals surface area contributed by atoms with E-state index >= 15 is 0 Å². The van der Waals surface area contributed by atoms with Crippen molar-refractivity contribution in [3.05, 3.63) is 29.8 Å². The van der Waals surface area contributed by atoms with Crippen LogP contribution in [0.5, 0.6) is 0 Å². The van der Waals surface area contributed by atoms with Crippen molar-refractivity contribution in [2.75, 3.05) is 5.73 Å². The van der Waals surface area contributed by atoms with Gasteiger partial charge in [-0.2, -0.15) is 0 Å². The molecule has 106 valence electrons. The van der Waals surface area contributed by atoms with Crippen molar-refractivity contribution in [2.24, 2.45) is 0 Å². The van der Waals surface area contributed by atoms with E-state index in [-0.39, 0.29) is 17.9 Å². The summed E-state index contributed by atoms with van der Waals surface area (Å²) in [5.74, 6) is -0.0584. The Kier molecular flexibility index (Phi) is 4.44. The molecule has 0 bridgehead atoms. The SMILES string of the molecule is Nc1cccc(CS(=O)(=O)NC2CCC(O)CC2)c1. The Morgan fingerprint density at radius 2 is 1.95 bits per heavy atom. The van der Waals surface area contributed by atoms with Crippen LogP contribution in [0.2, 0.25) is 0 Å². The van der Waals surface area contributed by atoms with Crippen molar-refractivity contribution < 1.29 is 13.5 Å². The summed E-state index contributed by atoms with van der Waals surface area (Å²) in [7, 11) is -3.36. The van der Waals surface area contributed by atoms with Crippen LogP contribution in [-0.2, 0) is 15.8 Å². The van der Waals surface area contributed by atoms with Gasteiger partial charge in [-0.05, 0) is 43.4 Å². The summed E-state index contributed by atoms with van der Waals surface area (Å²) < 4.78 is 26.8. The van der Waals surface area contributed by atoms with Crippen LogP contribution in [0.25, 0.3) is 0 Å². The average molecular weight is 284 g/mol. The Labute approximate surface area is 113 Å². The molecule has 0 heterocycles. The molecule has 0 radical (unpaired) electrons. The van der Waals surface area contributed by atoms with Gasteiger partial charge >= 0.3 is 0 Å². The molecule has 0 unspecified atom stereocenters.